The number of thiazole rings is 1. The molecule has 0 unspecified atom stereocenters. The highest BCUT2D eigenvalue weighted by Gasteiger charge is 2.49. The molecule has 0 aromatic carbocycles. The van der Waals surface area contributed by atoms with Crippen LogP contribution in [0, 0.1) is 0 Å². The first kappa shape index (κ1) is 22.5. The zero-order valence-corrected chi connectivity index (χ0v) is 19.9. The SMILES string of the molecule is CC(=O)N1CCC2(CC1)C(=O)Nc1ncc(/C=C/C(=O)N3CCC(=Cc4nccs4)CC3)cc12. The van der Waals surface area contributed by atoms with Crippen LogP contribution in [0.25, 0.3) is 12.2 Å². The summed E-state index contributed by atoms with van der Waals surface area (Å²) in [5.41, 5.74) is 2.32. The standard InChI is InChI=1S/C25H27N5O3S/c1-17(31)29-11-6-25(7-12-29)20-14-19(16-27-23(20)28-24(25)33)2-3-22(32)30-9-4-18(5-10-30)15-21-26-8-13-34-21/h2-3,8,13-16H,4-7,9-12H2,1H3,(H,27,28,33)/b3-2+. The lowest BCUT2D eigenvalue weighted by molar-refractivity contribution is -0.133. The van der Waals surface area contributed by atoms with E-state index in [1.165, 1.54) is 5.57 Å². The normalized spacial score (nSPS) is 19.4. The molecule has 176 valence electrons. The summed E-state index contributed by atoms with van der Waals surface area (Å²) in [6, 6.07) is 1.96. The molecule has 0 saturated carbocycles. The van der Waals surface area contributed by atoms with Crippen LogP contribution in [0.4, 0.5) is 5.82 Å². The summed E-state index contributed by atoms with van der Waals surface area (Å²) in [5, 5.41) is 5.88. The van der Waals surface area contributed by atoms with E-state index in [9.17, 15) is 14.4 Å². The molecular formula is C25H27N5O3S. The van der Waals surface area contributed by atoms with Gasteiger partial charge in [0.25, 0.3) is 0 Å². The summed E-state index contributed by atoms with van der Waals surface area (Å²) in [7, 11) is 0. The van der Waals surface area contributed by atoms with Crippen LogP contribution in [0.1, 0.15) is 48.7 Å². The molecule has 3 amide bonds. The Morgan fingerprint density at radius 1 is 1.12 bits per heavy atom. The number of rotatable bonds is 3. The first-order valence-corrected chi connectivity index (χ1v) is 12.5. The molecule has 0 bridgehead atoms. The summed E-state index contributed by atoms with van der Waals surface area (Å²) in [6.07, 6.45) is 11.8. The van der Waals surface area contributed by atoms with Crippen molar-refractivity contribution in [3.05, 3.63) is 51.6 Å². The Morgan fingerprint density at radius 2 is 1.88 bits per heavy atom. The summed E-state index contributed by atoms with van der Waals surface area (Å²) in [4.78, 5) is 49.7. The van der Waals surface area contributed by atoms with E-state index in [1.807, 2.05) is 16.3 Å². The largest absolute Gasteiger partial charge is 0.343 e. The number of hydrogen-bond acceptors (Lipinski definition) is 6. The fourth-order valence-electron chi connectivity index (χ4n) is 5.00. The van der Waals surface area contributed by atoms with Gasteiger partial charge in [-0.15, -0.1) is 11.3 Å². The second-order valence-electron chi connectivity index (χ2n) is 9.04. The van der Waals surface area contributed by atoms with E-state index in [2.05, 4.69) is 21.4 Å². The maximum Gasteiger partial charge on any atom is 0.246 e. The number of aromatic nitrogens is 2. The number of likely N-dealkylation sites (tertiary alicyclic amines) is 2. The summed E-state index contributed by atoms with van der Waals surface area (Å²) < 4.78 is 0. The fraction of sp³-hybridized carbons (Fsp3) is 0.400. The van der Waals surface area contributed by atoms with Gasteiger partial charge in [0.2, 0.25) is 17.7 Å². The number of carbonyl (C=O) groups excluding carboxylic acids is 3. The Kier molecular flexibility index (Phi) is 6.03. The maximum atomic E-state index is 12.9. The quantitative estimate of drug-likeness (QED) is 0.686. The number of piperidine rings is 2. The van der Waals surface area contributed by atoms with E-state index in [4.69, 9.17) is 0 Å². The number of amides is 3. The lowest BCUT2D eigenvalue weighted by atomic mass is 9.74. The predicted octanol–water partition coefficient (Wildman–Crippen LogP) is 3.09. The number of anilines is 1. The van der Waals surface area contributed by atoms with Crippen LogP contribution in [0.5, 0.6) is 0 Å². The van der Waals surface area contributed by atoms with Crippen molar-refractivity contribution in [2.45, 2.75) is 38.0 Å². The first-order valence-electron chi connectivity index (χ1n) is 11.6. The Hall–Kier alpha value is -3.33. The molecule has 5 heterocycles. The van der Waals surface area contributed by atoms with Gasteiger partial charge < -0.3 is 15.1 Å². The van der Waals surface area contributed by atoms with E-state index >= 15 is 0 Å². The Labute approximate surface area is 202 Å². The van der Waals surface area contributed by atoms with Gasteiger partial charge in [-0.25, -0.2) is 9.97 Å². The van der Waals surface area contributed by atoms with E-state index in [0.717, 1.165) is 29.0 Å². The van der Waals surface area contributed by atoms with Crippen LogP contribution < -0.4 is 5.32 Å². The van der Waals surface area contributed by atoms with Crippen molar-refractivity contribution in [3.63, 3.8) is 0 Å². The number of nitrogens with one attached hydrogen (secondary N) is 1. The third kappa shape index (κ3) is 4.27. The zero-order chi connectivity index (χ0) is 23.7. The molecule has 0 radical (unpaired) electrons. The predicted molar refractivity (Wildman–Crippen MR) is 131 cm³/mol. The molecule has 5 rings (SSSR count). The third-order valence-corrected chi connectivity index (χ3v) is 7.79. The lowest BCUT2D eigenvalue weighted by Gasteiger charge is -2.37. The van der Waals surface area contributed by atoms with Gasteiger partial charge in [-0.1, -0.05) is 5.57 Å². The van der Waals surface area contributed by atoms with Gasteiger partial charge in [0.05, 0.1) is 5.41 Å². The molecular weight excluding hydrogens is 450 g/mol. The molecule has 34 heavy (non-hydrogen) atoms. The molecule has 1 spiro atoms. The first-order chi connectivity index (χ1) is 16.4. The molecule has 3 aliphatic heterocycles. The lowest BCUT2D eigenvalue weighted by Crippen LogP contribution is -2.47. The molecule has 3 aliphatic rings. The van der Waals surface area contributed by atoms with Crippen molar-refractivity contribution < 1.29 is 14.4 Å². The molecule has 9 heteroatoms. The van der Waals surface area contributed by atoms with Gasteiger partial charge >= 0.3 is 0 Å². The summed E-state index contributed by atoms with van der Waals surface area (Å²) in [5.74, 6) is 0.545. The molecule has 1 N–H and O–H groups in total. The van der Waals surface area contributed by atoms with E-state index in [0.29, 0.717) is 44.8 Å². The molecule has 0 atom stereocenters. The van der Waals surface area contributed by atoms with Gasteiger partial charge in [0.1, 0.15) is 10.8 Å². The van der Waals surface area contributed by atoms with Gasteiger partial charge in [0, 0.05) is 62.5 Å². The Bertz CT molecular complexity index is 1170. The number of pyridine rings is 1. The van der Waals surface area contributed by atoms with Gasteiger partial charge in [-0.05, 0) is 49.5 Å². The minimum absolute atomic E-state index is 0.0209. The van der Waals surface area contributed by atoms with Crippen LogP contribution in [0.2, 0.25) is 0 Å². The van der Waals surface area contributed by atoms with Crippen molar-refractivity contribution in [1.29, 1.82) is 0 Å². The zero-order valence-electron chi connectivity index (χ0n) is 19.1. The minimum Gasteiger partial charge on any atom is -0.343 e. The minimum atomic E-state index is -0.658. The van der Waals surface area contributed by atoms with Crippen LogP contribution in [0.15, 0.2) is 35.5 Å². The van der Waals surface area contributed by atoms with Crippen molar-refractivity contribution in [2.75, 3.05) is 31.5 Å². The monoisotopic (exact) mass is 477 g/mol. The second kappa shape index (κ2) is 9.13. The Morgan fingerprint density at radius 3 is 2.56 bits per heavy atom. The van der Waals surface area contributed by atoms with E-state index < -0.39 is 5.41 Å². The van der Waals surface area contributed by atoms with Crippen molar-refractivity contribution in [2.24, 2.45) is 0 Å². The van der Waals surface area contributed by atoms with Gasteiger partial charge in [0.15, 0.2) is 0 Å². The van der Waals surface area contributed by atoms with E-state index in [1.54, 1.807) is 47.7 Å². The van der Waals surface area contributed by atoms with E-state index in [-0.39, 0.29) is 17.7 Å². The van der Waals surface area contributed by atoms with Crippen LogP contribution in [-0.4, -0.2) is 63.7 Å². The molecule has 2 fully saturated rings. The number of nitrogens with zero attached hydrogens (tertiary/aromatic N) is 4. The van der Waals surface area contributed by atoms with Crippen molar-refractivity contribution in [1.82, 2.24) is 19.8 Å². The van der Waals surface area contributed by atoms with Crippen molar-refractivity contribution in [3.8, 4) is 0 Å². The number of fused-ring (bicyclic) bond motifs is 2. The van der Waals surface area contributed by atoms with Crippen LogP contribution in [-0.2, 0) is 19.8 Å². The number of hydrogen-bond donors (Lipinski definition) is 1. The van der Waals surface area contributed by atoms with Gasteiger partial charge in [-0.2, -0.15) is 0 Å². The smallest absolute Gasteiger partial charge is 0.246 e. The molecule has 2 aromatic heterocycles. The fourth-order valence-corrected chi connectivity index (χ4v) is 5.62. The summed E-state index contributed by atoms with van der Waals surface area (Å²) >= 11 is 1.62. The van der Waals surface area contributed by atoms with Crippen LogP contribution >= 0.6 is 11.3 Å². The van der Waals surface area contributed by atoms with Crippen molar-refractivity contribution >= 4 is 47.0 Å². The molecule has 0 aliphatic carbocycles. The second-order valence-corrected chi connectivity index (χ2v) is 9.96. The molecule has 2 aromatic rings. The average molecular weight is 478 g/mol. The highest BCUT2D eigenvalue weighted by Crippen LogP contribution is 2.44. The highest BCUT2D eigenvalue weighted by atomic mass is 32.1. The number of carbonyl (C=O) groups is 3. The molecule has 8 nitrogen and oxygen atoms in total. The average Bonchev–Trinajstić information content (AvgIpc) is 3.45. The third-order valence-electron chi connectivity index (χ3n) is 7.07. The maximum absolute atomic E-state index is 12.9. The van der Waals surface area contributed by atoms with Crippen LogP contribution in [0.3, 0.4) is 0 Å². The molecule has 2 saturated heterocycles. The Balaban J connectivity index is 1.25. The topological polar surface area (TPSA) is 95.5 Å². The van der Waals surface area contributed by atoms with Gasteiger partial charge in [-0.3, -0.25) is 14.4 Å². The summed E-state index contributed by atoms with van der Waals surface area (Å²) in [6.45, 7) is 4.04. The highest BCUT2D eigenvalue weighted by molar-refractivity contribution is 7.10.